The molecule has 7 nitrogen and oxygen atoms in total. The van der Waals surface area contributed by atoms with E-state index in [0.29, 0.717) is 23.3 Å². The predicted molar refractivity (Wildman–Crippen MR) is 84.8 cm³/mol. The van der Waals surface area contributed by atoms with Crippen LogP contribution in [-0.2, 0) is 4.74 Å². The van der Waals surface area contributed by atoms with Crippen molar-refractivity contribution in [3.8, 4) is 0 Å². The number of hydrogen-bond donors (Lipinski definition) is 1. The molecular weight excluding hydrogens is 310 g/mol. The molecule has 3 rings (SSSR count). The van der Waals surface area contributed by atoms with Crippen molar-refractivity contribution in [3.05, 3.63) is 28.7 Å². The van der Waals surface area contributed by atoms with Crippen molar-refractivity contribution in [2.75, 3.05) is 18.0 Å². The number of ether oxygens (including phenoxy) is 1. The average molecular weight is 328 g/mol. The van der Waals surface area contributed by atoms with E-state index in [2.05, 4.69) is 0 Å². The van der Waals surface area contributed by atoms with E-state index in [0.717, 1.165) is 0 Å². The van der Waals surface area contributed by atoms with Gasteiger partial charge in [-0.15, -0.1) is 12.4 Å². The first-order valence-electron chi connectivity index (χ1n) is 6.84. The number of rotatable bonds is 3. The number of nitrogens with two attached hydrogens (primary N) is 1. The SMILES string of the molecule is CC(C)n1c(=O)oc2cc(N3C[C@H](CN)OC3=O)ccc21.Cl. The largest absolute Gasteiger partial charge is 0.443 e. The first-order valence-corrected chi connectivity index (χ1v) is 6.84. The topological polar surface area (TPSA) is 90.7 Å². The standard InChI is InChI=1S/C14H17N3O4.ClH/c1-8(2)17-11-4-3-9(5-12(11)21-14(17)19)16-7-10(6-15)20-13(16)18;/h3-5,8,10H,6-7,15H2,1-2H3;1H/t10-;/m0./s1. The second-order valence-electron chi connectivity index (χ2n) is 5.34. The van der Waals surface area contributed by atoms with Crippen LogP contribution in [0.1, 0.15) is 19.9 Å². The molecule has 1 aliphatic rings. The van der Waals surface area contributed by atoms with E-state index >= 15 is 0 Å². The van der Waals surface area contributed by atoms with Crippen molar-refractivity contribution in [2.45, 2.75) is 26.0 Å². The first-order chi connectivity index (χ1) is 10.0. The zero-order valence-corrected chi connectivity index (χ0v) is 13.1. The number of anilines is 1. The van der Waals surface area contributed by atoms with E-state index < -0.39 is 11.8 Å². The van der Waals surface area contributed by atoms with Crippen molar-refractivity contribution in [1.82, 2.24) is 4.57 Å². The molecule has 8 heteroatoms. The van der Waals surface area contributed by atoms with E-state index in [-0.39, 0.29) is 31.1 Å². The molecule has 120 valence electrons. The van der Waals surface area contributed by atoms with Gasteiger partial charge in [-0.2, -0.15) is 0 Å². The van der Waals surface area contributed by atoms with Gasteiger partial charge in [0.1, 0.15) is 6.10 Å². The summed E-state index contributed by atoms with van der Waals surface area (Å²) >= 11 is 0. The molecule has 1 atom stereocenters. The quantitative estimate of drug-likeness (QED) is 0.929. The number of oxazole rings is 1. The minimum atomic E-state index is -0.435. The smallest absolute Gasteiger partial charge is 0.420 e. The van der Waals surface area contributed by atoms with Crippen LogP contribution in [-0.4, -0.2) is 29.9 Å². The summed E-state index contributed by atoms with van der Waals surface area (Å²) in [5.74, 6) is -0.402. The number of cyclic esters (lactones) is 1. The highest BCUT2D eigenvalue weighted by molar-refractivity contribution is 5.92. The maximum atomic E-state index is 11.8. The minimum absolute atomic E-state index is 0. The van der Waals surface area contributed by atoms with Gasteiger partial charge < -0.3 is 14.9 Å². The molecule has 0 spiro atoms. The van der Waals surface area contributed by atoms with Crippen molar-refractivity contribution >= 4 is 35.3 Å². The van der Waals surface area contributed by atoms with E-state index in [4.69, 9.17) is 14.9 Å². The highest BCUT2D eigenvalue weighted by Gasteiger charge is 2.31. The zero-order valence-electron chi connectivity index (χ0n) is 12.3. The second-order valence-corrected chi connectivity index (χ2v) is 5.34. The second kappa shape index (κ2) is 6.02. The molecule has 2 heterocycles. The summed E-state index contributed by atoms with van der Waals surface area (Å²) in [4.78, 5) is 25.2. The van der Waals surface area contributed by atoms with Gasteiger partial charge in [0.05, 0.1) is 17.7 Å². The molecule has 0 aliphatic carbocycles. The van der Waals surface area contributed by atoms with Gasteiger partial charge >= 0.3 is 11.8 Å². The summed E-state index contributed by atoms with van der Waals surface area (Å²) in [6.07, 6.45) is -0.740. The van der Waals surface area contributed by atoms with Crippen LogP contribution < -0.4 is 16.4 Å². The molecular formula is C14H18ClN3O4. The van der Waals surface area contributed by atoms with Crippen LogP contribution in [0.2, 0.25) is 0 Å². The van der Waals surface area contributed by atoms with Crippen molar-refractivity contribution < 1.29 is 13.9 Å². The normalized spacial score (nSPS) is 17.9. The monoisotopic (exact) mass is 327 g/mol. The van der Waals surface area contributed by atoms with Gasteiger partial charge in [-0.3, -0.25) is 9.47 Å². The van der Waals surface area contributed by atoms with Crippen LogP contribution in [0.4, 0.5) is 10.5 Å². The van der Waals surface area contributed by atoms with Crippen molar-refractivity contribution in [3.63, 3.8) is 0 Å². The lowest BCUT2D eigenvalue weighted by atomic mass is 10.2. The van der Waals surface area contributed by atoms with Gasteiger partial charge in [0, 0.05) is 18.7 Å². The number of hydrogen-bond acceptors (Lipinski definition) is 5. The van der Waals surface area contributed by atoms with Crippen LogP contribution >= 0.6 is 12.4 Å². The Morgan fingerprint density at radius 3 is 2.68 bits per heavy atom. The lowest BCUT2D eigenvalue weighted by Gasteiger charge is -2.13. The molecule has 1 fully saturated rings. The third-order valence-corrected chi connectivity index (χ3v) is 3.56. The lowest BCUT2D eigenvalue weighted by molar-refractivity contribution is 0.145. The van der Waals surface area contributed by atoms with E-state index in [1.165, 1.54) is 4.90 Å². The van der Waals surface area contributed by atoms with Crippen molar-refractivity contribution in [2.24, 2.45) is 5.73 Å². The van der Waals surface area contributed by atoms with E-state index in [1.807, 2.05) is 13.8 Å². The fourth-order valence-electron chi connectivity index (χ4n) is 2.54. The molecule has 1 aromatic carbocycles. The van der Waals surface area contributed by atoms with Gasteiger partial charge in [0.2, 0.25) is 0 Å². The van der Waals surface area contributed by atoms with Crippen LogP contribution in [0.15, 0.2) is 27.4 Å². The fraction of sp³-hybridized carbons (Fsp3) is 0.429. The Balaban J connectivity index is 0.00000176. The van der Waals surface area contributed by atoms with Gasteiger partial charge in [-0.1, -0.05) is 0 Å². The summed E-state index contributed by atoms with van der Waals surface area (Å²) in [7, 11) is 0. The van der Waals surface area contributed by atoms with Gasteiger partial charge in [0.15, 0.2) is 5.58 Å². The number of fused-ring (bicyclic) bond motifs is 1. The average Bonchev–Trinajstić information content (AvgIpc) is 2.96. The number of halogens is 1. The van der Waals surface area contributed by atoms with Crippen molar-refractivity contribution in [1.29, 1.82) is 0 Å². The first kappa shape index (κ1) is 16.4. The van der Waals surface area contributed by atoms with Crippen LogP contribution in [0.25, 0.3) is 11.1 Å². The molecule has 1 aliphatic heterocycles. The zero-order chi connectivity index (χ0) is 15.1. The summed E-state index contributed by atoms with van der Waals surface area (Å²) in [5, 5.41) is 0. The lowest BCUT2D eigenvalue weighted by Crippen LogP contribution is -2.27. The van der Waals surface area contributed by atoms with Gasteiger partial charge in [-0.25, -0.2) is 9.59 Å². The molecule has 0 radical (unpaired) electrons. The molecule has 1 amide bonds. The Hall–Kier alpha value is -1.99. The summed E-state index contributed by atoms with van der Waals surface area (Å²) in [5.41, 5.74) is 7.31. The Labute approximate surface area is 133 Å². The molecule has 22 heavy (non-hydrogen) atoms. The minimum Gasteiger partial charge on any atom is -0.443 e. The molecule has 0 saturated carbocycles. The number of aromatic nitrogens is 1. The summed E-state index contributed by atoms with van der Waals surface area (Å²) < 4.78 is 11.9. The molecule has 1 saturated heterocycles. The third kappa shape index (κ3) is 2.57. The fourth-order valence-corrected chi connectivity index (χ4v) is 2.54. The molecule has 0 unspecified atom stereocenters. The molecule has 1 aromatic heterocycles. The Morgan fingerprint density at radius 2 is 2.09 bits per heavy atom. The van der Waals surface area contributed by atoms with Gasteiger partial charge in [0.25, 0.3) is 0 Å². The number of nitrogens with zero attached hydrogens (tertiary/aromatic N) is 2. The molecule has 0 bridgehead atoms. The van der Waals surface area contributed by atoms with E-state index in [1.54, 1.807) is 22.8 Å². The number of amides is 1. The number of benzene rings is 1. The third-order valence-electron chi connectivity index (χ3n) is 3.56. The molecule has 2 N–H and O–H groups in total. The maximum Gasteiger partial charge on any atom is 0.420 e. The highest BCUT2D eigenvalue weighted by Crippen LogP contribution is 2.26. The van der Waals surface area contributed by atoms with Crippen LogP contribution in [0.3, 0.4) is 0 Å². The Bertz CT molecular complexity index is 752. The number of carbonyl (C=O) groups is 1. The Kier molecular flexibility index (Phi) is 4.48. The predicted octanol–water partition coefficient (Wildman–Crippen LogP) is 1.88. The Morgan fingerprint density at radius 1 is 1.36 bits per heavy atom. The summed E-state index contributed by atoms with van der Waals surface area (Å²) in [6.45, 7) is 4.50. The highest BCUT2D eigenvalue weighted by atomic mass is 35.5. The van der Waals surface area contributed by atoms with E-state index in [9.17, 15) is 9.59 Å². The number of carbonyl (C=O) groups excluding carboxylic acids is 1. The van der Waals surface area contributed by atoms with Crippen LogP contribution in [0, 0.1) is 0 Å². The summed E-state index contributed by atoms with van der Waals surface area (Å²) in [6, 6.07) is 5.23. The molecule has 2 aromatic rings. The van der Waals surface area contributed by atoms with Gasteiger partial charge in [-0.05, 0) is 26.0 Å². The van der Waals surface area contributed by atoms with Crippen LogP contribution in [0.5, 0.6) is 0 Å². The maximum absolute atomic E-state index is 11.8.